The summed E-state index contributed by atoms with van der Waals surface area (Å²) >= 11 is 0. The fourth-order valence-electron chi connectivity index (χ4n) is 3.15. The third kappa shape index (κ3) is 9.54. The van der Waals surface area contributed by atoms with Gasteiger partial charge in [-0.1, -0.05) is 12.1 Å². The molecule has 1 saturated heterocycles. The van der Waals surface area contributed by atoms with Gasteiger partial charge in [0.25, 0.3) is 0 Å². The predicted octanol–water partition coefficient (Wildman–Crippen LogP) is 1.28. The van der Waals surface area contributed by atoms with E-state index in [9.17, 15) is 14.4 Å². The van der Waals surface area contributed by atoms with Crippen molar-refractivity contribution in [2.45, 2.75) is 51.8 Å². The molecule has 1 aliphatic rings. The summed E-state index contributed by atoms with van der Waals surface area (Å²) in [6, 6.07) is 6.89. The first-order valence-corrected chi connectivity index (χ1v) is 10.4. The van der Waals surface area contributed by atoms with E-state index in [2.05, 4.69) is 4.98 Å². The lowest BCUT2D eigenvalue weighted by Gasteiger charge is -2.39. The van der Waals surface area contributed by atoms with Crippen LogP contribution < -0.4 is 9.57 Å². The van der Waals surface area contributed by atoms with Crippen LogP contribution >= 0.6 is 0 Å². The van der Waals surface area contributed by atoms with Gasteiger partial charge in [0.05, 0.1) is 12.6 Å². The molecule has 0 bridgehead atoms. The second kappa shape index (κ2) is 15.6. The zero-order valence-corrected chi connectivity index (χ0v) is 20.1. The van der Waals surface area contributed by atoms with E-state index in [4.69, 9.17) is 38.1 Å². The maximum Gasteiger partial charge on any atom is 0.303 e. The third-order valence-electron chi connectivity index (χ3n) is 4.35. The van der Waals surface area contributed by atoms with Crippen LogP contribution in [0.3, 0.4) is 0 Å². The van der Waals surface area contributed by atoms with Crippen LogP contribution in [0.5, 0.6) is 11.5 Å². The van der Waals surface area contributed by atoms with Crippen molar-refractivity contribution >= 4 is 31.5 Å². The van der Waals surface area contributed by atoms with Gasteiger partial charge < -0.3 is 38.1 Å². The van der Waals surface area contributed by atoms with Gasteiger partial charge in [0.2, 0.25) is 6.29 Å². The fourth-order valence-corrected chi connectivity index (χ4v) is 3.15. The van der Waals surface area contributed by atoms with Crippen molar-refractivity contribution in [3.8, 4) is 11.5 Å². The number of nitrogens with zero attached hydrogens (tertiary/aromatic N) is 2. The van der Waals surface area contributed by atoms with Gasteiger partial charge >= 0.3 is 17.9 Å². The highest BCUT2D eigenvalue weighted by atomic mass is 16.7. The Hall–Kier alpha value is -4.26. The summed E-state index contributed by atoms with van der Waals surface area (Å²) in [5.74, 6) is -0.965. The van der Waals surface area contributed by atoms with Crippen LogP contribution in [0.15, 0.2) is 43.0 Å². The number of carbonyl (C=O) groups excluding carboxylic acids is 5. The number of hydrogen-bond donors (Lipinski definition) is 0. The molecule has 1 aromatic carbocycles. The Labute approximate surface area is 207 Å². The highest BCUT2D eigenvalue weighted by molar-refractivity contribution is 5.67. The zero-order valence-electron chi connectivity index (χ0n) is 20.1. The van der Waals surface area contributed by atoms with E-state index in [1.54, 1.807) is 36.7 Å². The van der Waals surface area contributed by atoms with Crippen molar-refractivity contribution in [1.82, 2.24) is 9.71 Å². The third-order valence-corrected chi connectivity index (χ3v) is 4.35. The van der Waals surface area contributed by atoms with Gasteiger partial charge in [0.15, 0.2) is 17.6 Å². The summed E-state index contributed by atoms with van der Waals surface area (Å²) in [4.78, 5) is 60.2. The second-order valence-corrected chi connectivity index (χ2v) is 6.94. The molecular weight excluding hydrogens is 480 g/mol. The molecule has 13 nitrogen and oxygen atoms in total. The Bertz CT molecular complexity index is 965. The van der Waals surface area contributed by atoms with Crippen molar-refractivity contribution in [3.05, 3.63) is 43.0 Å². The van der Waals surface area contributed by atoms with Gasteiger partial charge in [-0.3, -0.25) is 14.4 Å². The van der Waals surface area contributed by atoms with E-state index in [1.165, 1.54) is 31.8 Å². The summed E-state index contributed by atoms with van der Waals surface area (Å²) in [6.45, 7) is 7.48. The molecular formula is C23H28N2O11. The standard InChI is InChI=1S/C21H24N2O9.2CH2O/c1-13(24)27-11-19-21(29-15(3)26)18(28-14(2)25)10-20(31-19)30-16-6-4-5-7-17(16)32-23-9-8-22-12-23;2*1-2/h4-9,12,18-21H,10-11H2,1-3H3;2*1H2. The monoisotopic (exact) mass is 508 g/mol. The molecule has 1 fully saturated rings. The number of carbonyl (C=O) groups is 5. The summed E-state index contributed by atoms with van der Waals surface area (Å²) in [5, 5.41) is 0. The fraction of sp³-hybridized carbons (Fsp3) is 0.391. The Morgan fingerprint density at radius 2 is 1.64 bits per heavy atom. The predicted molar refractivity (Wildman–Crippen MR) is 121 cm³/mol. The minimum Gasteiger partial charge on any atom is -0.463 e. The molecule has 3 rings (SSSR count). The molecule has 1 aliphatic heterocycles. The van der Waals surface area contributed by atoms with Crippen molar-refractivity contribution < 1.29 is 52.5 Å². The average Bonchev–Trinajstić information content (AvgIpc) is 3.36. The molecule has 0 N–H and O–H groups in total. The molecule has 13 heteroatoms. The Morgan fingerprint density at radius 3 is 2.19 bits per heavy atom. The lowest BCUT2D eigenvalue weighted by atomic mass is 10.0. The van der Waals surface area contributed by atoms with Crippen LogP contribution in [0.1, 0.15) is 27.2 Å². The number of rotatable bonds is 8. The molecule has 0 radical (unpaired) electrons. The van der Waals surface area contributed by atoms with Gasteiger partial charge in [-0.25, -0.2) is 4.98 Å². The second-order valence-electron chi connectivity index (χ2n) is 6.94. The van der Waals surface area contributed by atoms with Gasteiger partial charge in [0.1, 0.15) is 38.7 Å². The first kappa shape index (κ1) is 29.8. The van der Waals surface area contributed by atoms with Gasteiger partial charge in [-0.2, -0.15) is 4.73 Å². The number of aromatic nitrogens is 2. The molecule has 2 aromatic rings. The van der Waals surface area contributed by atoms with Crippen molar-refractivity contribution in [2.24, 2.45) is 0 Å². The highest BCUT2D eigenvalue weighted by Gasteiger charge is 2.44. The molecule has 1 aromatic heterocycles. The maximum atomic E-state index is 11.7. The van der Waals surface area contributed by atoms with Gasteiger partial charge in [-0.05, 0) is 12.1 Å². The minimum absolute atomic E-state index is 0.0630. The lowest BCUT2D eigenvalue weighted by molar-refractivity contribution is -0.246. The van der Waals surface area contributed by atoms with Gasteiger partial charge in [0, 0.05) is 27.0 Å². The first-order chi connectivity index (χ1) is 17.3. The average molecular weight is 508 g/mol. The highest BCUT2D eigenvalue weighted by Crippen LogP contribution is 2.32. The molecule has 0 amide bonds. The van der Waals surface area contributed by atoms with Crippen molar-refractivity contribution in [1.29, 1.82) is 0 Å². The smallest absolute Gasteiger partial charge is 0.303 e. The first-order valence-electron chi connectivity index (χ1n) is 10.4. The molecule has 4 atom stereocenters. The minimum atomic E-state index is -0.979. The van der Waals surface area contributed by atoms with Crippen molar-refractivity contribution in [2.75, 3.05) is 6.61 Å². The Morgan fingerprint density at radius 1 is 1.00 bits per heavy atom. The van der Waals surface area contributed by atoms with Crippen LogP contribution in [0.25, 0.3) is 0 Å². The summed E-state index contributed by atoms with van der Waals surface area (Å²) in [5.41, 5.74) is 0. The molecule has 196 valence electrons. The van der Waals surface area contributed by atoms with E-state index in [1.807, 2.05) is 13.6 Å². The number of benzene rings is 1. The maximum absolute atomic E-state index is 11.7. The number of hydrogen-bond acceptors (Lipinski definition) is 12. The Balaban J connectivity index is 0.00000154. The van der Waals surface area contributed by atoms with Crippen LogP contribution in [0, 0.1) is 0 Å². The number of para-hydroxylation sites is 2. The topological polar surface area (TPSA) is 159 Å². The molecule has 0 spiro atoms. The molecule has 0 saturated carbocycles. The lowest BCUT2D eigenvalue weighted by Crippen LogP contribution is -2.54. The quantitative estimate of drug-likeness (QED) is 0.372. The largest absolute Gasteiger partial charge is 0.463 e. The normalized spacial score (nSPS) is 20.2. The molecule has 0 aliphatic carbocycles. The SMILES string of the molecule is C=O.C=O.CC(=O)OCC1OC(Oc2ccccc2On2ccnc2)CC(OC(C)=O)C1OC(C)=O. The van der Waals surface area contributed by atoms with E-state index in [0.717, 1.165) is 0 Å². The molecule has 2 heterocycles. The van der Waals surface area contributed by atoms with Crippen LogP contribution in [-0.2, 0) is 42.9 Å². The summed E-state index contributed by atoms with van der Waals surface area (Å²) < 4.78 is 29.0. The van der Waals surface area contributed by atoms with E-state index < -0.39 is 42.5 Å². The van der Waals surface area contributed by atoms with Crippen molar-refractivity contribution in [3.63, 3.8) is 0 Å². The number of imidazole rings is 1. The number of esters is 3. The van der Waals surface area contributed by atoms with Crippen LogP contribution in [0.4, 0.5) is 0 Å². The van der Waals surface area contributed by atoms with E-state index in [-0.39, 0.29) is 13.0 Å². The van der Waals surface area contributed by atoms with Crippen LogP contribution in [-0.4, -0.2) is 72.4 Å². The zero-order chi connectivity index (χ0) is 27.1. The summed E-state index contributed by atoms with van der Waals surface area (Å²) in [6.07, 6.45) is 1.02. The van der Waals surface area contributed by atoms with E-state index >= 15 is 0 Å². The molecule has 36 heavy (non-hydrogen) atoms. The van der Waals surface area contributed by atoms with Crippen LogP contribution in [0.2, 0.25) is 0 Å². The van der Waals surface area contributed by atoms with Gasteiger partial charge in [-0.15, -0.1) is 0 Å². The Kier molecular flexibility index (Phi) is 12.9. The number of ether oxygens (including phenoxy) is 5. The van der Waals surface area contributed by atoms with E-state index in [0.29, 0.717) is 11.5 Å². The molecule has 4 unspecified atom stereocenters. The summed E-state index contributed by atoms with van der Waals surface area (Å²) in [7, 11) is 0.